The molecule has 1 aliphatic heterocycles. The van der Waals surface area contributed by atoms with Crippen molar-refractivity contribution >= 4 is 35.0 Å². The zero-order chi connectivity index (χ0) is 17.3. The highest BCUT2D eigenvalue weighted by Crippen LogP contribution is 2.35. The van der Waals surface area contributed by atoms with Crippen molar-refractivity contribution in [1.29, 1.82) is 0 Å². The zero-order valence-corrected chi connectivity index (χ0v) is 14.1. The number of amides is 3. The Kier molecular flexibility index (Phi) is 4.40. The number of rotatable bonds is 2. The highest BCUT2D eigenvalue weighted by molar-refractivity contribution is 7.80. The molecule has 0 radical (unpaired) electrons. The molecule has 0 atom stereocenters. The van der Waals surface area contributed by atoms with Crippen LogP contribution in [0.1, 0.15) is 32.6 Å². The van der Waals surface area contributed by atoms with Gasteiger partial charge in [-0.05, 0) is 68.1 Å². The van der Waals surface area contributed by atoms with E-state index in [0.29, 0.717) is 24.4 Å². The van der Waals surface area contributed by atoms with Crippen LogP contribution in [0, 0.1) is 11.7 Å². The molecule has 1 heterocycles. The Labute approximate surface area is 144 Å². The van der Waals surface area contributed by atoms with Crippen molar-refractivity contribution in [2.45, 2.75) is 38.1 Å². The number of nitrogens with zero attached hydrogens (tertiary/aromatic N) is 1. The van der Waals surface area contributed by atoms with Crippen molar-refractivity contribution in [1.82, 2.24) is 15.8 Å². The van der Waals surface area contributed by atoms with Crippen molar-refractivity contribution in [3.05, 3.63) is 30.1 Å². The number of halogens is 1. The first-order chi connectivity index (χ1) is 11.4. The number of benzene rings is 1. The lowest BCUT2D eigenvalue weighted by molar-refractivity contribution is -0.133. The standard InChI is InChI=1S/C16H19FN4O2S/c1-10-6-8-16(9-7-10)13(22)21(15(23)19-16)20-14(24)18-12-4-2-11(17)3-5-12/h2-5,10H,6-9H2,1H3,(H,19,23)(H2,18,20,24). The molecule has 0 bridgehead atoms. The first kappa shape index (κ1) is 16.6. The van der Waals surface area contributed by atoms with Crippen molar-refractivity contribution in [3.63, 3.8) is 0 Å². The van der Waals surface area contributed by atoms with Gasteiger partial charge >= 0.3 is 6.03 Å². The van der Waals surface area contributed by atoms with Crippen LogP contribution in [0.15, 0.2) is 24.3 Å². The van der Waals surface area contributed by atoms with Crippen LogP contribution in [0.5, 0.6) is 0 Å². The predicted molar refractivity (Wildman–Crippen MR) is 91.5 cm³/mol. The SMILES string of the molecule is CC1CCC2(CC1)NC(=O)N(NC(=S)Nc1ccc(F)cc1)C2=O. The average molecular weight is 350 g/mol. The number of imide groups is 1. The minimum atomic E-state index is -0.817. The zero-order valence-electron chi connectivity index (χ0n) is 13.3. The molecule has 3 N–H and O–H groups in total. The van der Waals surface area contributed by atoms with Crippen molar-refractivity contribution in [3.8, 4) is 0 Å². The van der Waals surface area contributed by atoms with Crippen LogP contribution in [-0.4, -0.2) is 27.6 Å². The van der Waals surface area contributed by atoms with Crippen molar-refractivity contribution < 1.29 is 14.0 Å². The molecule has 1 saturated carbocycles. The average Bonchev–Trinajstić information content (AvgIpc) is 2.77. The molecule has 24 heavy (non-hydrogen) atoms. The smallest absolute Gasteiger partial charge is 0.331 e. The van der Waals surface area contributed by atoms with Gasteiger partial charge in [-0.15, -0.1) is 0 Å². The maximum atomic E-state index is 12.9. The van der Waals surface area contributed by atoms with Crippen molar-refractivity contribution in [2.75, 3.05) is 5.32 Å². The van der Waals surface area contributed by atoms with Gasteiger partial charge in [0.1, 0.15) is 11.4 Å². The fourth-order valence-electron chi connectivity index (χ4n) is 3.11. The summed E-state index contributed by atoms with van der Waals surface area (Å²) in [7, 11) is 0. The highest BCUT2D eigenvalue weighted by atomic mass is 32.1. The molecule has 3 rings (SSSR count). The number of nitrogens with one attached hydrogen (secondary N) is 3. The molecular weight excluding hydrogens is 331 g/mol. The van der Waals surface area contributed by atoms with Crippen molar-refractivity contribution in [2.24, 2.45) is 5.92 Å². The maximum absolute atomic E-state index is 12.9. The van der Waals surface area contributed by atoms with Crippen LogP contribution in [-0.2, 0) is 4.79 Å². The molecule has 0 unspecified atom stereocenters. The topological polar surface area (TPSA) is 73.5 Å². The third kappa shape index (κ3) is 3.19. The Bertz CT molecular complexity index is 671. The molecular formula is C16H19FN4O2S. The minimum Gasteiger partial charge on any atom is -0.331 e. The lowest BCUT2D eigenvalue weighted by Gasteiger charge is -2.33. The van der Waals surface area contributed by atoms with Gasteiger partial charge in [-0.2, -0.15) is 5.01 Å². The second-order valence-electron chi connectivity index (χ2n) is 6.41. The lowest BCUT2D eigenvalue weighted by Crippen LogP contribution is -2.52. The van der Waals surface area contributed by atoms with Crippen LogP contribution < -0.4 is 16.1 Å². The van der Waals surface area contributed by atoms with E-state index in [-0.39, 0.29) is 16.8 Å². The summed E-state index contributed by atoms with van der Waals surface area (Å²) < 4.78 is 12.9. The Morgan fingerprint density at radius 2 is 1.92 bits per heavy atom. The number of anilines is 1. The molecule has 1 aliphatic carbocycles. The molecule has 3 amide bonds. The molecule has 128 valence electrons. The molecule has 1 aromatic carbocycles. The molecule has 1 spiro atoms. The van der Waals surface area contributed by atoms with E-state index < -0.39 is 11.6 Å². The first-order valence-corrected chi connectivity index (χ1v) is 8.30. The number of hydrogen-bond donors (Lipinski definition) is 3. The number of urea groups is 1. The number of hydrazine groups is 1. The van der Waals surface area contributed by atoms with Crippen LogP contribution >= 0.6 is 12.2 Å². The third-order valence-electron chi connectivity index (χ3n) is 4.61. The minimum absolute atomic E-state index is 0.0892. The summed E-state index contributed by atoms with van der Waals surface area (Å²) in [5, 5.41) is 6.63. The Morgan fingerprint density at radius 1 is 1.29 bits per heavy atom. The largest absolute Gasteiger partial charge is 0.344 e. The summed E-state index contributed by atoms with van der Waals surface area (Å²) in [5.41, 5.74) is 2.36. The van der Waals surface area contributed by atoms with Gasteiger partial charge in [-0.25, -0.2) is 9.18 Å². The molecule has 2 aliphatic rings. The normalized spacial score (nSPS) is 26.4. The first-order valence-electron chi connectivity index (χ1n) is 7.89. The van der Waals surface area contributed by atoms with E-state index in [1.54, 1.807) is 0 Å². The summed E-state index contributed by atoms with van der Waals surface area (Å²) in [6.45, 7) is 2.14. The van der Waals surface area contributed by atoms with Gasteiger partial charge < -0.3 is 10.6 Å². The fourth-order valence-corrected chi connectivity index (χ4v) is 3.32. The third-order valence-corrected chi connectivity index (χ3v) is 4.80. The molecule has 1 saturated heterocycles. The maximum Gasteiger partial charge on any atom is 0.344 e. The van der Waals surface area contributed by atoms with Crippen LogP contribution in [0.4, 0.5) is 14.9 Å². The Hall–Kier alpha value is -2.22. The number of thiocarbonyl (C=S) groups is 1. The summed E-state index contributed by atoms with van der Waals surface area (Å²) >= 11 is 5.13. The van der Waals surface area contributed by atoms with Gasteiger partial charge in [-0.3, -0.25) is 10.2 Å². The van der Waals surface area contributed by atoms with E-state index in [9.17, 15) is 14.0 Å². The molecule has 2 fully saturated rings. The van der Waals surface area contributed by atoms with E-state index in [0.717, 1.165) is 17.9 Å². The van der Waals surface area contributed by atoms with E-state index in [2.05, 4.69) is 23.0 Å². The highest BCUT2D eigenvalue weighted by Gasteiger charge is 2.52. The second kappa shape index (κ2) is 6.35. The summed E-state index contributed by atoms with van der Waals surface area (Å²) in [5.74, 6) is -0.104. The molecule has 1 aromatic rings. The number of carbonyl (C=O) groups is 2. The van der Waals surface area contributed by atoms with Crippen LogP contribution in [0.3, 0.4) is 0 Å². The van der Waals surface area contributed by atoms with Gasteiger partial charge in [0.05, 0.1) is 0 Å². The van der Waals surface area contributed by atoms with Gasteiger partial charge in [0.2, 0.25) is 0 Å². The lowest BCUT2D eigenvalue weighted by atomic mass is 9.77. The van der Waals surface area contributed by atoms with E-state index in [1.807, 2.05) is 0 Å². The van der Waals surface area contributed by atoms with Crippen LogP contribution in [0.25, 0.3) is 0 Å². The quantitative estimate of drug-likeness (QED) is 0.565. The molecule has 8 heteroatoms. The summed E-state index contributed by atoms with van der Waals surface area (Å²) in [4.78, 5) is 24.8. The monoisotopic (exact) mass is 350 g/mol. The Balaban J connectivity index is 1.64. The van der Waals surface area contributed by atoms with Gasteiger partial charge in [0, 0.05) is 5.69 Å². The van der Waals surface area contributed by atoms with E-state index in [1.165, 1.54) is 24.3 Å². The number of carbonyl (C=O) groups excluding carboxylic acids is 2. The van der Waals surface area contributed by atoms with Gasteiger partial charge in [0.25, 0.3) is 5.91 Å². The summed E-state index contributed by atoms with van der Waals surface area (Å²) in [6, 6.07) is 5.10. The molecule has 0 aromatic heterocycles. The second-order valence-corrected chi connectivity index (χ2v) is 6.82. The van der Waals surface area contributed by atoms with E-state index in [4.69, 9.17) is 12.2 Å². The van der Waals surface area contributed by atoms with Gasteiger partial charge in [0.15, 0.2) is 5.11 Å². The van der Waals surface area contributed by atoms with Crippen LogP contribution in [0.2, 0.25) is 0 Å². The fraction of sp³-hybridized carbons (Fsp3) is 0.438. The predicted octanol–water partition coefficient (Wildman–Crippen LogP) is 2.53. The molecule has 6 nitrogen and oxygen atoms in total. The number of hydrogen-bond acceptors (Lipinski definition) is 3. The van der Waals surface area contributed by atoms with E-state index >= 15 is 0 Å². The Morgan fingerprint density at radius 3 is 2.54 bits per heavy atom. The summed E-state index contributed by atoms with van der Waals surface area (Å²) in [6.07, 6.45) is 3.07. The van der Waals surface area contributed by atoms with Gasteiger partial charge in [-0.1, -0.05) is 6.92 Å².